The Morgan fingerprint density at radius 1 is 1.19 bits per heavy atom. The van der Waals surface area contributed by atoms with Crippen LogP contribution >= 0.6 is 40.2 Å². The molecule has 1 heterocycles. The van der Waals surface area contributed by atoms with E-state index in [1.165, 1.54) is 19.3 Å². The van der Waals surface area contributed by atoms with E-state index in [9.17, 15) is 0 Å². The molecule has 0 unspecified atom stereocenters. The van der Waals surface area contributed by atoms with Gasteiger partial charge in [-0.2, -0.15) is 0 Å². The standard InChI is InChI=1S/C9H17N2.Al.4ClH/c1-3-4-5-6-11-8-7-10(2)9-11;;;;;/h7-9H,3-6H2,1-2H3;;4*1H/q+1;+3;;;;/p-4. The molecular formula is C9H17AlCl4N2. The quantitative estimate of drug-likeness (QED) is 0.452. The smallest absolute Gasteiger partial charge is 0.391 e. The normalized spacial score (nSPS) is 10.9. The van der Waals surface area contributed by atoms with Gasteiger partial charge in [-0.25, -0.2) is 9.13 Å². The van der Waals surface area contributed by atoms with Gasteiger partial charge in [0.2, 0.25) is 6.33 Å². The predicted molar refractivity (Wildman–Crippen MR) is 74.3 cm³/mol. The van der Waals surface area contributed by atoms with Crippen LogP contribution in [0, 0.1) is 0 Å². The van der Waals surface area contributed by atoms with Gasteiger partial charge in [0, 0.05) is 0 Å². The molecule has 0 bridgehead atoms. The van der Waals surface area contributed by atoms with Crippen molar-refractivity contribution in [2.45, 2.75) is 32.7 Å². The van der Waals surface area contributed by atoms with Crippen molar-refractivity contribution in [3.05, 3.63) is 18.7 Å². The molecule has 0 radical (unpaired) electrons. The molecule has 16 heavy (non-hydrogen) atoms. The van der Waals surface area contributed by atoms with Crippen molar-refractivity contribution in [1.82, 2.24) is 4.57 Å². The molecule has 0 aliphatic carbocycles. The van der Waals surface area contributed by atoms with Crippen LogP contribution in [0.15, 0.2) is 18.7 Å². The molecule has 0 aliphatic rings. The molecule has 0 N–H and O–H groups in total. The number of rotatable bonds is 4. The second-order valence-corrected chi connectivity index (χ2v) is 16.4. The summed E-state index contributed by atoms with van der Waals surface area (Å²) in [6.45, 7) is 3.39. The second kappa shape index (κ2) is 8.92. The number of unbranched alkanes of at least 4 members (excludes halogenated alkanes) is 2. The minimum Gasteiger partial charge on any atom is -0.391 e. The van der Waals surface area contributed by atoms with E-state index < -0.39 is 9.39 Å². The van der Waals surface area contributed by atoms with Crippen LogP contribution in [0.5, 0.6) is 0 Å². The highest BCUT2D eigenvalue weighted by molar-refractivity contribution is 7.81. The number of hydrogen-bond donors (Lipinski definition) is 0. The molecule has 1 rings (SSSR count). The van der Waals surface area contributed by atoms with Gasteiger partial charge in [0.05, 0.1) is 13.6 Å². The molecule has 1 aromatic heterocycles. The Hall–Kier alpha value is 0.902. The number of aryl methyl sites for hydroxylation is 2. The summed E-state index contributed by atoms with van der Waals surface area (Å²) in [5.74, 6) is 0. The SMILES string of the molecule is CCCCCn1cc[n+](C)c1.[Cl][Al-]([Cl])([Cl])[Cl]. The lowest BCUT2D eigenvalue weighted by Gasteiger charge is -1.97. The zero-order chi connectivity index (χ0) is 12.6. The van der Waals surface area contributed by atoms with Gasteiger partial charge < -0.3 is 40.2 Å². The van der Waals surface area contributed by atoms with Crippen molar-refractivity contribution in [3.63, 3.8) is 0 Å². The van der Waals surface area contributed by atoms with Crippen LogP contribution in [0.3, 0.4) is 0 Å². The first-order chi connectivity index (χ1) is 7.33. The van der Waals surface area contributed by atoms with Gasteiger partial charge in [0.15, 0.2) is 0 Å². The summed E-state index contributed by atoms with van der Waals surface area (Å²) in [7, 11) is 19.1. The Morgan fingerprint density at radius 3 is 2.12 bits per heavy atom. The van der Waals surface area contributed by atoms with Gasteiger partial charge in [0.25, 0.3) is 0 Å². The first-order valence-electron chi connectivity index (χ1n) is 5.21. The lowest BCUT2D eigenvalue weighted by Crippen LogP contribution is -2.23. The maximum absolute atomic E-state index is 4.99. The third-order valence-corrected chi connectivity index (χ3v) is 1.84. The minimum atomic E-state index is -2.94. The van der Waals surface area contributed by atoms with Crippen molar-refractivity contribution in [3.8, 4) is 0 Å². The highest BCUT2D eigenvalue weighted by atomic mass is 35.9. The van der Waals surface area contributed by atoms with Gasteiger partial charge in [-0.05, 0) is 12.8 Å². The molecule has 0 fully saturated rings. The summed E-state index contributed by atoms with van der Waals surface area (Å²) in [5.41, 5.74) is 0. The summed E-state index contributed by atoms with van der Waals surface area (Å²) in [6.07, 6.45) is 10.2. The minimum absolute atomic E-state index is 1.16. The van der Waals surface area contributed by atoms with E-state index in [1.54, 1.807) is 0 Å². The number of aromatic nitrogens is 2. The lowest BCUT2D eigenvalue weighted by atomic mass is 10.2. The van der Waals surface area contributed by atoms with Crippen molar-refractivity contribution >= 4 is 49.6 Å². The van der Waals surface area contributed by atoms with Gasteiger partial charge in [0.1, 0.15) is 12.4 Å². The molecule has 0 aliphatic heterocycles. The Balaban J connectivity index is 0.000000385. The third-order valence-electron chi connectivity index (χ3n) is 1.84. The van der Waals surface area contributed by atoms with Crippen molar-refractivity contribution in [1.29, 1.82) is 0 Å². The Morgan fingerprint density at radius 2 is 1.75 bits per heavy atom. The zero-order valence-corrected chi connectivity index (χ0v) is 13.7. The first-order valence-corrected chi connectivity index (χ1v) is 12.2. The van der Waals surface area contributed by atoms with E-state index in [0.717, 1.165) is 6.54 Å². The fraction of sp³-hybridized carbons (Fsp3) is 0.667. The van der Waals surface area contributed by atoms with Gasteiger partial charge in [-0.3, -0.25) is 0 Å². The molecular weight excluding hydrogens is 305 g/mol. The Bertz CT molecular complexity index is 279. The van der Waals surface area contributed by atoms with Crippen LogP contribution in [-0.2, 0) is 13.6 Å². The highest BCUT2D eigenvalue weighted by Crippen LogP contribution is 2.23. The molecule has 2 nitrogen and oxygen atoms in total. The Kier molecular flexibility index (Phi) is 9.42. The fourth-order valence-corrected chi connectivity index (χ4v) is 1.18. The maximum Gasteiger partial charge on any atom is 0.564 e. The molecule has 0 aromatic carbocycles. The molecule has 0 amide bonds. The molecule has 0 saturated heterocycles. The van der Waals surface area contributed by atoms with Crippen LogP contribution in [0.2, 0.25) is 0 Å². The van der Waals surface area contributed by atoms with E-state index in [1.807, 2.05) is 0 Å². The summed E-state index contributed by atoms with van der Waals surface area (Å²) >= 11 is 0. The average Bonchev–Trinajstić information content (AvgIpc) is 2.49. The van der Waals surface area contributed by atoms with Crippen molar-refractivity contribution in [2.75, 3.05) is 0 Å². The second-order valence-electron chi connectivity index (χ2n) is 3.52. The topological polar surface area (TPSA) is 8.81 Å². The molecule has 0 atom stereocenters. The molecule has 1 aromatic rings. The summed E-state index contributed by atoms with van der Waals surface area (Å²) in [6, 6.07) is 0. The number of nitrogens with zero attached hydrogens (tertiary/aromatic N) is 2. The number of hydrogen-bond acceptors (Lipinski definition) is 0. The van der Waals surface area contributed by atoms with Gasteiger partial charge in [-0.1, -0.05) is 13.3 Å². The average molecular weight is 322 g/mol. The van der Waals surface area contributed by atoms with Crippen LogP contribution in [0.1, 0.15) is 26.2 Å². The van der Waals surface area contributed by atoms with Crippen LogP contribution < -0.4 is 4.57 Å². The van der Waals surface area contributed by atoms with E-state index in [-0.39, 0.29) is 0 Å². The van der Waals surface area contributed by atoms with Gasteiger partial charge in [-0.15, -0.1) is 0 Å². The van der Waals surface area contributed by atoms with Gasteiger partial charge >= 0.3 is 9.39 Å². The third kappa shape index (κ3) is 13.0. The maximum atomic E-state index is 4.99. The van der Waals surface area contributed by atoms with E-state index in [0.29, 0.717) is 0 Å². The van der Waals surface area contributed by atoms with E-state index in [4.69, 9.17) is 40.2 Å². The van der Waals surface area contributed by atoms with Crippen LogP contribution in [-0.4, -0.2) is 14.0 Å². The number of imidazole rings is 1. The summed E-state index contributed by atoms with van der Waals surface area (Å²) in [4.78, 5) is 0. The zero-order valence-electron chi connectivity index (χ0n) is 9.54. The van der Waals surface area contributed by atoms with Crippen molar-refractivity contribution in [2.24, 2.45) is 7.05 Å². The molecule has 0 spiro atoms. The number of halogens is 4. The molecule has 94 valence electrons. The summed E-state index contributed by atoms with van der Waals surface area (Å²) < 4.78 is 4.31. The molecule has 0 saturated carbocycles. The largest absolute Gasteiger partial charge is 0.564 e. The summed E-state index contributed by atoms with van der Waals surface area (Å²) in [5, 5.41) is 0. The fourth-order valence-electron chi connectivity index (χ4n) is 1.18. The molecule has 7 heteroatoms. The van der Waals surface area contributed by atoms with Crippen LogP contribution in [0.4, 0.5) is 0 Å². The first kappa shape index (κ1) is 16.9. The lowest BCUT2D eigenvalue weighted by molar-refractivity contribution is -0.671. The monoisotopic (exact) mass is 320 g/mol. The van der Waals surface area contributed by atoms with Crippen LogP contribution in [0.25, 0.3) is 0 Å². The van der Waals surface area contributed by atoms with E-state index >= 15 is 0 Å². The van der Waals surface area contributed by atoms with E-state index in [2.05, 4.69) is 41.8 Å². The highest BCUT2D eigenvalue weighted by Gasteiger charge is 2.14. The van der Waals surface area contributed by atoms with Crippen molar-refractivity contribution < 1.29 is 4.57 Å². The predicted octanol–water partition coefficient (Wildman–Crippen LogP) is 3.88. The Labute approximate surface area is 117 Å².